The first kappa shape index (κ1) is 10.5. The Morgan fingerprint density at radius 1 is 1.54 bits per heavy atom. The molecule has 0 saturated heterocycles. The Hall–Kier alpha value is -0.610. The fourth-order valence-corrected chi connectivity index (χ4v) is 1.32. The zero-order chi connectivity index (χ0) is 10.0. The minimum atomic E-state index is -2.67. The summed E-state index contributed by atoms with van der Waals surface area (Å²) >= 11 is 11.1. The van der Waals surface area contributed by atoms with Crippen LogP contribution in [0.4, 0.5) is 14.5 Å². The van der Waals surface area contributed by atoms with E-state index in [1.165, 1.54) is 0 Å². The van der Waals surface area contributed by atoms with Crippen molar-refractivity contribution in [2.45, 2.75) is 12.3 Å². The first-order chi connectivity index (χ1) is 6.07. The molecule has 0 fully saturated rings. The van der Waals surface area contributed by atoms with Crippen molar-refractivity contribution in [3.8, 4) is 0 Å². The first-order valence-electron chi connectivity index (χ1n) is 3.34. The second-order valence-corrected chi connectivity index (χ2v) is 2.97. The highest BCUT2D eigenvalue weighted by atomic mass is 35.5. The molecule has 1 aromatic heterocycles. The molecule has 0 radical (unpaired) electrons. The molecule has 0 aliphatic carbocycles. The molecule has 1 rings (SSSR count). The molecule has 0 spiro atoms. The summed E-state index contributed by atoms with van der Waals surface area (Å²) in [5.74, 6) is 0.0482. The summed E-state index contributed by atoms with van der Waals surface area (Å²) in [6.07, 6.45) is -1.68. The topological polar surface area (TPSA) is 38.9 Å². The zero-order valence-electron chi connectivity index (χ0n) is 6.40. The number of nitrogens with two attached hydrogens (primary N) is 1. The lowest BCUT2D eigenvalue weighted by Crippen LogP contribution is -2.00. The van der Waals surface area contributed by atoms with Gasteiger partial charge in [0.15, 0.2) is 0 Å². The van der Waals surface area contributed by atoms with E-state index >= 15 is 0 Å². The van der Waals surface area contributed by atoms with E-state index in [0.717, 1.165) is 6.20 Å². The van der Waals surface area contributed by atoms with Gasteiger partial charge < -0.3 is 5.73 Å². The van der Waals surface area contributed by atoms with Crippen LogP contribution in [0.15, 0.2) is 6.20 Å². The predicted octanol–water partition coefficient (Wildman–Crippen LogP) is 2.99. The van der Waals surface area contributed by atoms with Gasteiger partial charge in [0.2, 0.25) is 0 Å². The van der Waals surface area contributed by atoms with Crippen molar-refractivity contribution in [3.05, 3.63) is 22.5 Å². The zero-order valence-corrected chi connectivity index (χ0v) is 7.91. The Morgan fingerprint density at radius 3 is 2.62 bits per heavy atom. The monoisotopic (exact) mass is 226 g/mol. The molecule has 2 nitrogen and oxygen atoms in total. The Labute approximate surface area is 83.7 Å². The highest BCUT2D eigenvalue weighted by Crippen LogP contribution is 2.32. The molecule has 13 heavy (non-hydrogen) atoms. The van der Waals surface area contributed by atoms with Crippen LogP contribution in [-0.2, 0) is 5.88 Å². The largest absolute Gasteiger partial charge is 0.397 e. The molecule has 72 valence electrons. The molecule has 2 N–H and O–H groups in total. The van der Waals surface area contributed by atoms with E-state index in [1.807, 2.05) is 0 Å². The molecule has 1 heterocycles. The summed E-state index contributed by atoms with van der Waals surface area (Å²) in [6.45, 7) is 0. The highest BCUT2D eigenvalue weighted by Gasteiger charge is 2.16. The van der Waals surface area contributed by atoms with Crippen LogP contribution >= 0.6 is 23.2 Å². The van der Waals surface area contributed by atoms with Crippen LogP contribution in [0.2, 0.25) is 5.02 Å². The van der Waals surface area contributed by atoms with Gasteiger partial charge in [0.25, 0.3) is 6.43 Å². The van der Waals surface area contributed by atoms with Crippen LogP contribution < -0.4 is 5.73 Å². The lowest BCUT2D eigenvalue weighted by Gasteiger charge is -2.07. The van der Waals surface area contributed by atoms with Crippen molar-refractivity contribution < 1.29 is 8.78 Å². The summed E-state index contributed by atoms with van der Waals surface area (Å²) in [6, 6.07) is 0. The normalized spacial score (nSPS) is 10.8. The number of aromatic nitrogens is 1. The van der Waals surface area contributed by atoms with Gasteiger partial charge in [-0.1, -0.05) is 11.6 Å². The van der Waals surface area contributed by atoms with Gasteiger partial charge in [0, 0.05) is 6.20 Å². The van der Waals surface area contributed by atoms with Crippen LogP contribution in [0.3, 0.4) is 0 Å². The minimum absolute atomic E-state index is 0.00722. The van der Waals surface area contributed by atoms with E-state index in [0.29, 0.717) is 5.69 Å². The number of nitrogens with zero attached hydrogens (tertiary/aromatic N) is 1. The molecular formula is C7H6Cl2F2N2. The second-order valence-electron chi connectivity index (χ2n) is 2.32. The molecule has 0 aliphatic heterocycles. The summed E-state index contributed by atoms with van der Waals surface area (Å²) < 4.78 is 24.5. The number of rotatable bonds is 2. The molecule has 0 amide bonds. The Morgan fingerprint density at radius 2 is 2.15 bits per heavy atom. The molecule has 0 aliphatic rings. The lowest BCUT2D eigenvalue weighted by atomic mass is 10.2. The van der Waals surface area contributed by atoms with Crippen molar-refractivity contribution in [1.82, 2.24) is 4.98 Å². The van der Waals surface area contributed by atoms with Crippen molar-refractivity contribution in [1.29, 1.82) is 0 Å². The Bertz CT molecular complexity index is 318. The van der Waals surface area contributed by atoms with Gasteiger partial charge in [-0.2, -0.15) is 0 Å². The maximum Gasteiger partial charge on any atom is 0.267 e. The molecule has 1 aromatic rings. The lowest BCUT2D eigenvalue weighted by molar-refractivity contribution is 0.152. The maximum atomic E-state index is 12.2. The van der Waals surface area contributed by atoms with Crippen LogP contribution in [0, 0.1) is 0 Å². The van der Waals surface area contributed by atoms with Gasteiger partial charge in [0.1, 0.15) is 0 Å². The van der Waals surface area contributed by atoms with Gasteiger partial charge in [-0.15, -0.1) is 11.6 Å². The first-order valence-corrected chi connectivity index (χ1v) is 4.26. The van der Waals surface area contributed by atoms with E-state index in [4.69, 9.17) is 28.9 Å². The number of pyridine rings is 1. The molecule has 0 bridgehead atoms. The van der Waals surface area contributed by atoms with E-state index in [9.17, 15) is 8.78 Å². The number of nitrogen functional groups attached to an aromatic ring is 1. The third-order valence-corrected chi connectivity index (χ3v) is 2.20. The SMILES string of the molecule is Nc1c(C(F)F)cnc(CCl)c1Cl. The van der Waals surface area contributed by atoms with Gasteiger partial charge in [0.05, 0.1) is 27.8 Å². The number of anilines is 1. The predicted molar refractivity (Wildman–Crippen MR) is 48.2 cm³/mol. The summed E-state index contributed by atoms with van der Waals surface area (Å²) in [7, 11) is 0. The van der Waals surface area contributed by atoms with Crippen molar-refractivity contribution in [3.63, 3.8) is 0 Å². The fraction of sp³-hybridized carbons (Fsp3) is 0.286. The molecule has 6 heteroatoms. The van der Waals surface area contributed by atoms with E-state index in [2.05, 4.69) is 4.98 Å². The van der Waals surface area contributed by atoms with Crippen molar-refractivity contribution in [2.75, 3.05) is 5.73 Å². The average Bonchev–Trinajstić information content (AvgIpc) is 2.09. The third kappa shape index (κ3) is 2.00. The number of hydrogen-bond donors (Lipinski definition) is 1. The van der Waals surface area contributed by atoms with E-state index < -0.39 is 6.43 Å². The molecule has 0 saturated carbocycles. The third-order valence-electron chi connectivity index (χ3n) is 1.52. The van der Waals surface area contributed by atoms with Gasteiger partial charge in [-0.25, -0.2) is 8.78 Å². The second kappa shape index (κ2) is 4.07. The van der Waals surface area contributed by atoms with Gasteiger partial charge in [-0.05, 0) is 0 Å². The molecular weight excluding hydrogens is 221 g/mol. The highest BCUT2D eigenvalue weighted by molar-refractivity contribution is 6.34. The average molecular weight is 227 g/mol. The minimum Gasteiger partial charge on any atom is -0.397 e. The van der Waals surface area contributed by atoms with Gasteiger partial charge >= 0.3 is 0 Å². The number of halogens is 4. The van der Waals surface area contributed by atoms with Crippen LogP contribution in [0.5, 0.6) is 0 Å². The van der Waals surface area contributed by atoms with Crippen molar-refractivity contribution >= 4 is 28.9 Å². The van der Waals surface area contributed by atoms with Crippen molar-refractivity contribution in [2.24, 2.45) is 0 Å². The standard InChI is InChI=1S/C7H6Cl2F2N2/c8-1-4-5(9)6(12)3(2-13-4)7(10)11/h2,7H,1H2,(H2,12,13). The molecule has 0 aromatic carbocycles. The summed E-state index contributed by atoms with van der Waals surface area (Å²) in [5, 5.41) is 0.00722. The molecule has 0 atom stereocenters. The van der Waals surface area contributed by atoms with Crippen LogP contribution in [-0.4, -0.2) is 4.98 Å². The van der Waals surface area contributed by atoms with Crippen LogP contribution in [0.1, 0.15) is 17.7 Å². The quantitative estimate of drug-likeness (QED) is 0.788. The Balaban J connectivity index is 3.23. The van der Waals surface area contributed by atoms with E-state index in [-0.39, 0.29) is 22.2 Å². The summed E-state index contributed by atoms with van der Waals surface area (Å²) in [4.78, 5) is 3.65. The fourth-order valence-electron chi connectivity index (χ4n) is 0.823. The summed E-state index contributed by atoms with van der Waals surface area (Å²) in [5.41, 5.74) is 5.15. The smallest absolute Gasteiger partial charge is 0.267 e. The van der Waals surface area contributed by atoms with Crippen LogP contribution in [0.25, 0.3) is 0 Å². The molecule has 0 unspecified atom stereocenters. The van der Waals surface area contributed by atoms with E-state index in [1.54, 1.807) is 0 Å². The number of hydrogen-bond acceptors (Lipinski definition) is 2. The maximum absolute atomic E-state index is 12.2. The Kier molecular flexibility index (Phi) is 3.27. The number of alkyl halides is 3. The van der Waals surface area contributed by atoms with Gasteiger partial charge in [-0.3, -0.25) is 4.98 Å².